The van der Waals surface area contributed by atoms with Crippen LogP contribution >= 0.6 is 0 Å². The number of piperidine rings is 1. The van der Waals surface area contributed by atoms with Crippen molar-refractivity contribution in [1.29, 1.82) is 0 Å². The number of nitrogens with zero attached hydrogens (tertiary/aromatic N) is 3. The third kappa shape index (κ3) is 3.27. The van der Waals surface area contributed by atoms with Crippen molar-refractivity contribution >= 4 is 5.52 Å². The molecule has 3 rings (SSSR count). The van der Waals surface area contributed by atoms with Gasteiger partial charge in [0.2, 0.25) is 0 Å². The Bertz CT molecular complexity index is 588. The van der Waals surface area contributed by atoms with Gasteiger partial charge in [0.15, 0.2) is 0 Å². The van der Waals surface area contributed by atoms with E-state index in [1.165, 1.54) is 37.0 Å². The van der Waals surface area contributed by atoms with E-state index in [-0.39, 0.29) is 0 Å². The summed E-state index contributed by atoms with van der Waals surface area (Å²) in [4.78, 5) is 2.58. The third-order valence-corrected chi connectivity index (χ3v) is 4.53. The van der Waals surface area contributed by atoms with Gasteiger partial charge in [-0.1, -0.05) is 6.07 Å². The van der Waals surface area contributed by atoms with Gasteiger partial charge in [0.1, 0.15) is 0 Å². The number of pyridine rings is 1. The molecule has 0 aliphatic carbocycles. The van der Waals surface area contributed by atoms with E-state index in [9.17, 15) is 0 Å². The van der Waals surface area contributed by atoms with E-state index in [1.807, 2.05) is 23.0 Å². The van der Waals surface area contributed by atoms with Crippen LogP contribution in [0.4, 0.5) is 0 Å². The molecule has 4 nitrogen and oxygen atoms in total. The average molecular weight is 286 g/mol. The predicted octanol–water partition coefficient (Wildman–Crippen LogP) is 2.69. The van der Waals surface area contributed by atoms with Crippen LogP contribution in [0.15, 0.2) is 30.6 Å². The first-order chi connectivity index (χ1) is 10.0. The number of nitrogens with one attached hydrogen (secondary N) is 1. The molecule has 0 unspecified atom stereocenters. The molecule has 0 radical (unpaired) electrons. The van der Waals surface area contributed by atoms with Crippen molar-refractivity contribution in [2.45, 2.75) is 51.7 Å². The molecule has 0 spiro atoms. The van der Waals surface area contributed by atoms with Crippen LogP contribution < -0.4 is 5.32 Å². The fraction of sp³-hybridized carbons (Fsp3) is 0.588. The third-order valence-electron chi connectivity index (χ3n) is 4.53. The molecule has 0 aromatic carbocycles. The summed E-state index contributed by atoms with van der Waals surface area (Å²) in [6.45, 7) is 10.2. The average Bonchev–Trinajstić information content (AvgIpc) is 2.88. The van der Waals surface area contributed by atoms with Crippen molar-refractivity contribution in [2.75, 3.05) is 13.1 Å². The van der Waals surface area contributed by atoms with E-state index in [1.54, 1.807) is 0 Å². The van der Waals surface area contributed by atoms with Gasteiger partial charge in [-0.2, -0.15) is 5.10 Å². The molecule has 0 bridgehead atoms. The lowest BCUT2D eigenvalue weighted by molar-refractivity contribution is 0.0960. The van der Waals surface area contributed by atoms with Gasteiger partial charge in [-0.3, -0.25) is 4.90 Å². The second-order valence-electron chi connectivity index (χ2n) is 7.01. The molecule has 114 valence electrons. The topological polar surface area (TPSA) is 32.6 Å². The Morgan fingerprint density at radius 1 is 1.24 bits per heavy atom. The maximum Gasteiger partial charge on any atom is 0.0706 e. The van der Waals surface area contributed by atoms with Crippen molar-refractivity contribution in [3.05, 3.63) is 36.2 Å². The molecule has 1 fully saturated rings. The van der Waals surface area contributed by atoms with Gasteiger partial charge in [0, 0.05) is 43.0 Å². The van der Waals surface area contributed by atoms with Gasteiger partial charge in [0.05, 0.1) is 11.7 Å². The van der Waals surface area contributed by atoms with Gasteiger partial charge in [-0.15, -0.1) is 0 Å². The Labute approximate surface area is 127 Å². The largest absolute Gasteiger partial charge is 0.310 e. The van der Waals surface area contributed by atoms with Gasteiger partial charge in [0.25, 0.3) is 0 Å². The summed E-state index contributed by atoms with van der Waals surface area (Å²) in [6, 6.07) is 6.84. The van der Waals surface area contributed by atoms with Gasteiger partial charge < -0.3 is 5.32 Å². The zero-order chi connectivity index (χ0) is 14.9. The van der Waals surface area contributed by atoms with Crippen LogP contribution in [-0.2, 0) is 6.54 Å². The summed E-state index contributed by atoms with van der Waals surface area (Å²) in [5.74, 6) is 0. The predicted molar refractivity (Wildman–Crippen MR) is 86.4 cm³/mol. The zero-order valence-electron chi connectivity index (χ0n) is 13.3. The minimum absolute atomic E-state index is 0.299. The van der Waals surface area contributed by atoms with Crippen LogP contribution in [0.1, 0.15) is 39.2 Å². The van der Waals surface area contributed by atoms with E-state index in [2.05, 4.69) is 48.2 Å². The maximum atomic E-state index is 4.40. The van der Waals surface area contributed by atoms with Crippen LogP contribution in [0.3, 0.4) is 0 Å². The van der Waals surface area contributed by atoms with Crippen molar-refractivity contribution in [3.63, 3.8) is 0 Å². The maximum absolute atomic E-state index is 4.40. The number of hydrogen-bond donors (Lipinski definition) is 1. The molecule has 3 heterocycles. The minimum atomic E-state index is 0.299. The lowest BCUT2D eigenvalue weighted by Gasteiger charge is -2.41. The van der Waals surface area contributed by atoms with E-state index in [0.717, 1.165) is 6.54 Å². The molecule has 4 heteroatoms. The molecule has 2 aromatic heterocycles. The van der Waals surface area contributed by atoms with E-state index in [0.29, 0.717) is 11.6 Å². The molecule has 1 aliphatic heterocycles. The lowest BCUT2D eigenvalue weighted by Crippen LogP contribution is -2.49. The second-order valence-corrected chi connectivity index (χ2v) is 7.01. The van der Waals surface area contributed by atoms with Gasteiger partial charge in [-0.25, -0.2) is 4.52 Å². The normalized spacial score (nSPS) is 18.4. The van der Waals surface area contributed by atoms with Gasteiger partial charge in [-0.05, 0) is 45.7 Å². The second kappa shape index (κ2) is 5.78. The van der Waals surface area contributed by atoms with Crippen LogP contribution in [-0.4, -0.2) is 39.2 Å². The molecule has 0 atom stereocenters. The highest BCUT2D eigenvalue weighted by Gasteiger charge is 2.26. The SMILES string of the molecule is CC(C)(C)N1CCC(NCc2cnn3ccccc23)CC1. The highest BCUT2D eigenvalue weighted by atomic mass is 15.2. The summed E-state index contributed by atoms with van der Waals surface area (Å²) in [5.41, 5.74) is 2.79. The molecular formula is C17H26N4. The highest BCUT2D eigenvalue weighted by Crippen LogP contribution is 2.20. The van der Waals surface area contributed by atoms with Crippen LogP contribution in [0.5, 0.6) is 0 Å². The lowest BCUT2D eigenvalue weighted by atomic mass is 9.98. The van der Waals surface area contributed by atoms with Gasteiger partial charge >= 0.3 is 0 Å². The Balaban J connectivity index is 1.55. The van der Waals surface area contributed by atoms with E-state index in [4.69, 9.17) is 0 Å². The molecule has 2 aromatic rings. The number of rotatable bonds is 3. The fourth-order valence-electron chi connectivity index (χ4n) is 3.13. The van der Waals surface area contributed by atoms with Crippen LogP contribution in [0, 0.1) is 0 Å². The van der Waals surface area contributed by atoms with Crippen molar-refractivity contribution in [3.8, 4) is 0 Å². The van der Waals surface area contributed by atoms with Crippen LogP contribution in [0.2, 0.25) is 0 Å². The molecule has 1 saturated heterocycles. The summed E-state index contributed by atoms with van der Waals surface area (Å²) in [5, 5.41) is 8.10. The summed E-state index contributed by atoms with van der Waals surface area (Å²) in [7, 11) is 0. The number of aromatic nitrogens is 2. The van der Waals surface area contributed by atoms with E-state index < -0.39 is 0 Å². The Morgan fingerprint density at radius 2 is 2.00 bits per heavy atom. The van der Waals surface area contributed by atoms with Crippen molar-refractivity contribution in [1.82, 2.24) is 19.8 Å². The van der Waals surface area contributed by atoms with E-state index >= 15 is 0 Å². The van der Waals surface area contributed by atoms with Crippen LogP contribution in [0.25, 0.3) is 5.52 Å². The Kier molecular flexibility index (Phi) is 4.00. The molecular weight excluding hydrogens is 260 g/mol. The number of fused-ring (bicyclic) bond motifs is 1. The van der Waals surface area contributed by atoms with Crippen molar-refractivity contribution < 1.29 is 0 Å². The minimum Gasteiger partial charge on any atom is -0.310 e. The number of hydrogen-bond acceptors (Lipinski definition) is 3. The molecule has 0 saturated carbocycles. The standard InChI is InChI=1S/C17H26N4/c1-17(2,3)20-10-7-15(8-11-20)18-12-14-13-19-21-9-5-4-6-16(14)21/h4-6,9,13,15,18H,7-8,10-12H2,1-3H3. The molecule has 1 aliphatic rings. The first-order valence-electron chi connectivity index (χ1n) is 7.94. The zero-order valence-corrected chi connectivity index (χ0v) is 13.3. The molecule has 0 amide bonds. The fourth-order valence-corrected chi connectivity index (χ4v) is 3.13. The quantitative estimate of drug-likeness (QED) is 0.941. The smallest absolute Gasteiger partial charge is 0.0706 e. The first-order valence-corrected chi connectivity index (χ1v) is 7.94. The summed E-state index contributed by atoms with van der Waals surface area (Å²) < 4.78 is 1.94. The Morgan fingerprint density at radius 3 is 2.71 bits per heavy atom. The van der Waals surface area contributed by atoms with Crippen molar-refractivity contribution in [2.24, 2.45) is 0 Å². The summed E-state index contributed by atoms with van der Waals surface area (Å²) in [6.07, 6.45) is 6.44. The monoisotopic (exact) mass is 286 g/mol. The number of likely N-dealkylation sites (tertiary alicyclic amines) is 1. The molecule has 1 N–H and O–H groups in total. The summed E-state index contributed by atoms with van der Waals surface area (Å²) >= 11 is 0. The Hall–Kier alpha value is -1.39. The molecule has 21 heavy (non-hydrogen) atoms. The first kappa shape index (κ1) is 14.5. The highest BCUT2D eigenvalue weighted by molar-refractivity contribution is 5.53.